The van der Waals surface area contributed by atoms with Crippen LogP contribution in [0, 0.1) is 0 Å². The maximum absolute atomic E-state index is 12.1. The molecule has 0 saturated heterocycles. The van der Waals surface area contributed by atoms with Gasteiger partial charge in [0, 0.05) is 6.42 Å². The van der Waals surface area contributed by atoms with E-state index in [0.29, 0.717) is 12.8 Å². The number of rotatable bonds is 33. The zero-order valence-electron chi connectivity index (χ0n) is 27.1. The first-order valence-electron chi connectivity index (χ1n) is 18.0. The molecule has 0 aliphatic rings. The van der Waals surface area contributed by atoms with Crippen LogP contribution < -0.4 is 0 Å². The maximum atomic E-state index is 12.1. The van der Waals surface area contributed by atoms with Gasteiger partial charge in [0.1, 0.15) is 0 Å². The van der Waals surface area contributed by atoms with Crippen LogP contribution in [-0.2, 0) is 19.4 Å². The van der Waals surface area contributed by atoms with Crippen LogP contribution in [-0.4, -0.2) is 18.0 Å². The number of unbranched alkanes of at least 4 members (excludes halogenated alkanes) is 27. The van der Waals surface area contributed by atoms with Gasteiger partial charge in [-0.3, -0.25) is 4.79 Å². The van der Waals surface area contributed by atoms with Gasteiger partial charge < -0.3 is 4.74 Å². The van der Waals surface area contributed by atoms with Gasteiger partial charge >= 0.3 is 11.9 Å². The third-order valence-corrected chi connectivity index (χ3v) is 8.34. The molecule has 0 aromatic carbocycles. The summed E-state index contributed by atoms with van der Waals surface area (Å²) in [6, 6.07) is 0. The summed E-state index contributed by atoms with van der Waals surface area (Å²) in [5, 5.41) is 11.4. The Kier molecular flexibility index (Phi) is 31.6. The number of carbonyl (C=O) groups excluding carboxylic acids is 2. The van der Waals surface area contributed by atoms with Crippen molar-refractivity contribution in [3.8, 4) is 0 Å². The average Bonchev–Trinajstić information content (AvgIpc) is 2.94. The lowest BCUT2D eigenvalue weighted by Gasteiger charge is -2.12. The van der Waals surface area contributed by atoms with Crippen LogP contribution in [0.3, 0.4) is 0 Å². The molecule has 0 spiro atoms. The lowest BCUT2D eigenvalue weighted by atomic mass is 10.0. The van der Waals surface area contributed by atoms with Crippen molar-refractivity contribution in [3.63, 3.8) is 0 Å². The minimum atomic E-state index is -1.25. The van der Waals surface area contributed by atoms with Crippen molar-refractivity contribution in [1.29, 1.82) is 0 Å². The van der Waals surface area contributed by atoms with Crippen molar-refractivity contribution in [1.82, 2.24) is 0 Å². The fraction of sp³-hybridized carbons (Fsp3) is 0.944. The molecule has 0 aromatic heterocycles. The van der Waals surface area contributed by atoms with E-state index in [1.54, 1.807) is 0 Å². The monoisotopic (exact) mass is 566 g/mol. The SMILES string of the molecule is CCCCCCCCCCCCCCCCCC(=O)OC(CCCCCCCCCCCCCCCC)C([O])=O. The van der Waals surface area contributed by atoms with Gasteiger partial charge in [-0.25, -0.2) is 9.90 Å². The fourth-order valence-electron chi connectivity index (χ4n) is 5.61. The van der Waals surface area contributed by atoms with Crippen LogP contribution in [0.15, 0.2) is 0 Å². The molecule has 1 atom stereocenters. The first kappa shape index (κ1) is 38.9. The van der Waals surface area contributed by atoms with Crippen molar-refractivity contribution >= 4 is 11.9 Å². The molecule has 0 amide bonds. The zero-order valence-corrected chi connectivity index (χ0v) is 27.1. The van der Waals surface area contributed by atoms with Crippen LogP contribution in [0.4, 0.5) is 0 Å². The summed E-state index contributed by atoms with van der Waals surface area (Å²) < 4.78 is 5.24. The molecule has 4 nitrogen and oxygen atoms in total. The topological polar surface area (TPSA) is 63.3 Å². The Bertz CT molecular complexity index is 533. The van der Waals surface area contributed by atoms with Crippen LogP contribution in [0.25, 0.3) is 0 Å². The van der Waals surface area contributed by atoms with E-state index in [1.165, 1.54) is 148 Å². The smallest absolute Gasteiger partial charge is 0.395 e. The molecule has 0 N–H and O–H groups in total. The summed E-state index contributed by atoms with van der Waals surface area (Å²) in [5.74, 6) is -1.63. The Labute approximate surface area is 250 Å². The molecule has 1 radical (unpaired) electrons. The molecular weight excluding hydrogens is 496 g/mol. The molecule has 0 fully saturated rings. The van der Waals surface area contributed by atoms with E-state index in [9.17, 15) is 14.7 Å². The Balaban J connectivity index is 3.52. The highest BCUT2D eigenvalue weighted by atomic mass is 16.6. The van der Waals surface area contributed by atoms with Gasteiger partial charge in [0.15, 0.2) is 0 Å². The summed E-state index contributed by atoms with van der Waals surface area (Å²) in [5.41, 5.74) is 0. The van der Waals surface area contributed by atoms with Gasteiger partial charge in [-0.1, -0.05) is 187 Å². The van der Waals surface area contributed by atoms with Crippen LogP contribution in [0.5, 0.6) is 0 Å². The van der Waals surface area contributed by atoms with Gasteiger partial charge in [-0.15, -0.1) is 0 Å². The number of hydrogen-bond acceptors (Lipinski definition) is 3. The second kappa shape index (κ2) is 32.5. The van der Waals surface area contributed by atoms with Gasteiger partial charge in [0.2, 0.25) is 6.10 Å². The summed E-state index contributed by atoms with van der Waals surface area (Å²) in [6.07, 6.45) is 36.5. The molecule has 1 unspecified atom stereocenters. The van der Waals surface area contributed by atoms with Crippen molar-refractivity contribution < 1.29 is 19.4 Å². The quantitative estimate of drug-likeness (QED) is 0.0587. The second-order valence-corrected chi connectivity index (χ2v) is 12.4. The summed E-state index contributed by atoms with van der Waals surface area (Å²) in [7, 11) is 0. The molecule has 237 valence electrons. The predicted octanol–water partition coefficient (Wildman–Crippen LogP) is 12.0. The maximum Gasteiger partial charge on any atom is 0.395 e. The van der Waals surface area contributed by atoms with E-state index in [-0.39, 0.29) is 5.97 Å². The molecule has 0 aliphatic carbocycles. The molecule has 0 aliphatic heterocycles. The van der Waals surface area contributed by atoms with Crippen molar-refractivity contribution in [3.05, 3.63) is 0 Å². The highest BCUT2D eigenvalue weighted by Crippen LogP contribution is 2.16. The Hall–Kier alpha value is -1.06. The molecule has 0 aromatic rings. The summed E-state index contributed by atoms with van der Waals surface area (Å²) in [4.78, 5) is 23.6. The summed E-state index contributed by atoms with van der Waals surface area (Å²) >= 11 is 0. The number of carbonyl (C=O) groups is 2. The molecule has 40 heavy (non-hydrogen) atoms. The largest absolute Gasteiger partial charge is 0.450 e. The standard InChI is InChI=1S/C36H69O4/c1-3-5-7-9-11-13-15-17-19-21-23-25-27-29-31-33-35(37)40-34(36(38)39)32-30-28-26-24-22-20-18-16-14-12-10-8-6-4-2/h34H,3-33H2,1-2H3. The summed E-state index contributed by atoms with van der Waals surface area (Å²) in [6.45, 7) is 4.53. The molecular formula is C36H69O4. The third-order valence-electron chi connectivity index (χ3n) is 8.34. The van der Waals surface area contributed by atoms with E-state index in [0.717, 1.165) is 38.5 Å². The first-order chi connectivity index (χ1) is 19.6. The predicted molar refractivity (Wildman–Crippen MR) is 170 cm³/mol. The van der Waals surface area contributed by atoms with Crippen LogP contribution in [0.1, 0.15) is 213 Å². The normalized spacial score (nSPS) is 12.1. The molecule has 0 bridgehead atoms. The van der Waals surface area contributed by atoms with Crippen molar-refractivity contribution in [2.75, 3.05) is 0 Å². The van der Waals surface area contributed by atoms with Gasteiger partial charge in [0.25, 0.3) is 0 Å². The van der Waals surface area contributed by atoms with Crippen molar-refractivity contribution in [2.45, 2.75) is 219 Å². The van der Waals surface area contributed by atoms with Gasteiger partial charge in [-0.05, 0) is 19.3 Å². The first-order valence-corrected chi connectivity index (χ1v) is 18.0. The van der Waals surface area contributed by atoms with Gasteiger partial charge in [0.05, 0.1) is 0 Å². The number of hydrogen-bond donors (Lipinski definition) is 0. The Morgan fingerprint density at radius 2 is 0.700 bits per heavy atom. The van der Waals surface area contributed by atoms with E-state index in [4.69, 9.17) is 4.74 Å². The highest BCUT2D eigenvalue weighted by molar-refractivity contribution is 5.77. The zero-order chi connectivity index (χ0) is 29.4. The van der Waals surface area contributed by atoms with Crippen LogP contribution >= 0.6 is 0 Å². The highest BCUT2D eigenvalue weighted by Gasteiger charge is 2.23. The Morgan fingerprint density at radius 1 is 0.425 bits per heavy atom. The number of esters is 1. The lowest BCUT2D eigenvalue weighted by molar-refractivity contribution is -0.168. The molecule has 0 rings (SSSR count). The minimum absolute atomic E-state index is 0.320. The Morgan fingerprint density at radius 3 is 1.00 bits per heavy atom. The molecule has 4 heteroatoms. The van der Waals surface area contributed by atoms with Crippen molar-refractivity contribution in [2.24, 2.45) is 0 Å². The van der Waals surface area contributed by atoms with Gasteiger partial charge in [-0.2, -0.15) is 0 Å². The lowest BCUT2D eigenvalue weighted by Crippen LogP contribution is -2.26. The van der Waals surface area contributed by atoms with E-state index < -0.39 is 12.1 Å². The van der Waals surface area contributed by atoms with E-state index in [2.05, 4.69) is 13.8 Å². The number of ether oxygens (including phenoxy) is 1. The average molecular weight is 566 g/mol. The fourth-order valence-corrected chi connectivity index (χ4v) is 5.61. The second-order valence-electron chi connectivity index (χ2n) is 12.4. The minimum Gasteiger partial charge on any atom is -0.450 e. The molecule has 0 saturated carbocycles. The molecule has 0 heterocycles. The van der Waals surface area contributed by atoms with E-state index >= 15 is 0 Å². The van der Waals surface area contributed by atoms with E-state index in [1.807, 2.05) is 0 Å². The third kappa shape index (κ3) is 29.9. The van der Waals surface area contributed by atoms with Crippen LogP contribution in [0.2, 0.25) is 0 Å².